The van der Waals surface area contributed by atoms with Crippen LogP contribution in [-0.4, -0.2) is 72.4 Å². The predicted molar refractivity (Wildman–Crippen MR) is 154 cm³/mol. The zero-order valence-electron chi connectivity index (χ0n) is 22.6. The number of carbonyl (C=O) groups is 1. The molecule has 0 aliphatic heterocycles. The number of H-pyrrole nitrogens is 1. The standard InChI is InChI=1S/C31H36N4O3/c1-5-38-31(37)24-14-17-26-27(20-24)33-30(36)28(26)29(23-10-7-6-8-11-23)32-25-15-12-22(13-16-25)21-35(4)19-9-18-34(2)3/h6-8,10-17,20,33,36H,5,9,18-19,21H2,1-4H3. The highest BCUT2D eigenvalue weighted by atomic mass is 16.5. The number of nitrogens with zero attached hydrogens (tertiary/aromatic N) is 3. The van der Waals surface area contributed by atoms with Crippen LogP contribution in [0, 0.1) is 0 Å². The molecule has 1 heterocycles. The number of hydrogen-bond acceptors (Lipinski definition) is 6. The first-order chi connectivity index (χ1) is 18.4. The van der Waals surface area contributed by atoms with E-state index in [-0.39, 0.29) is 5.88 Å². The van der Waals surface area contributed by atoms with E-state index < -0.39 is 5.97 Å². The molecule has 0 atom stereocenters. The first-order valence-corrected chi connectivity index (χ1v) is 12.9. The zero-order valence-corrected chi connectivity index (χ0v) is 22.6. The lowest BCUT2D eigenvalue weighted by molar-refractivity contribution is 0.0526. The normalized spacial score (nSPS) is 12.0. The molecule has 0 aliphatic rings. The van der Waals surface area contributed by atoms with Crippen molar-refractivity contribution in [2.24, 2.45) is 4.99 Å². The third-order valence-corrected chi connectivity index (χ3v) is 6.35. The molecule has 0 saturated carbocycles. The lowest BCUT2D eigenvalue weighted by atomic mass is 10.00. The van der Waals surface area contributed by atoms with Crippen molar-refractivity contribution in [2.45, 2.75) is 19.9 Å². The summed E-state index contributed by atoms with van der Waals surface area (Å²) < 4.78 is 5.13. The van der Waals surface area contributed by atoms with Gasteiger partial charge in [0.15, 0.2) is 5.88 Å². The van der Waals surface area contributed by atoms with E-state index in [0.717, 1.165) is 42.7 Å². The van der Waals surface area contributed by atoms with Gasteiger partial charge in [0, 0.05) is 23.0 Å². The summed E-state index contributed by atoms with van der Waals surface area (Å²) in [7, 11) is 6.34. The number of aromatic amines is 1. The molecule has 0 fully saturated rings. The van der Waals surface area contributed by atoms with Gasteiger partial charge in [-0.3, -0.25) is 0 Å². The Labute approximate surface area is 224 Å². The van der Waals surface area contributed by atoms with Crippen LogP contribution in [0.1, 0.15) is 40.4 Å². The highest BCUT2D eigenvalue weighted by Crippen LogP contribution is 2.32. The number of esters is 1. The number of aromatic nitrogens is 1. The Morgan fingerprint density at radius 1 is 0.947 bits per heavy atom. The van der Waals surface area contributed by atoms with Gasteiger partial charge in [-0.05, 0) is 77.4 Å². The average molecular weight is 513 g/mol. The second kappa shape index (κ2) is 12.5. The van der Waals surface area contributed by atoms with Crippen molar-refractivity contribution in [1.29, 1.82) is 0 Å². The molecule has 4 aromatic rings. The van der Waals surface area contributed by atoms with Gasteiger partial charge in [-0.15, -0.1) is 0 Å². The van der Waals surface area contributed by atoms with Crippen LogP contribution in [0.25, 0.3) is 10.9 Å². The van der Waals surface area contributed by atoms with Crippen LogP contribution < -0.4 is 0 Å². The summed E-state index contributed by atoms with van der Waals surface area (Å²) in [5.41, 5.74) is 5.19. The molecule has 4 rings (SSSR count). The molecule has 0 unspecified atom stereocenters. The van der Waals surface area contributed by atoms with E-state index in [2.05, 4.69) is 48.1 Å². The predicted octanol–water partition coefficient (Wildman–Crippen LogP) is 5.60. The second-order valence-electron chi connectivity index (χ2n) is 9.72. The number of aromatic hydroxyl groups is 1. The SMILES string of the molecule is CCOC(=O)c1ccc2c(C(=Nc3ccc(CN(C)CCCN(C)C)cc3)c3ccccc3)c(O)[nH]c2c1. The molecule has 0 spiro atoms. The number of benzene rings is 3. The molecule has 7 heteroatoms. The maximum Gasteiger partial charge on any atom is 0.338 e. The molecular formula is C31H36N4O3. The minimum Gasteiger partial charge on any atom is -0.494 e. The topological polar surface area (TPSA) is 81.2 Å². The summed E-state index contributed by atoms with van der Waals surface area (Å²) in [5.74, 6) is -0.398. The van der Waals surface area contributed by atoms with E-state index in [1.807, 2.05) is 48.5 Å². The lowest BCUT2D eigenvalue weighted by Crippen LogP contribution is -2.23. The van der Waals surface area contributed by atoms with Crippen molar-refractivity contribution >= 4 is 28.3 Å². The van der Waals surface area contributed by atoms with Crippen LogP contribution in [0.3, 0.4) is 0 Å². The van der Waals surface area contributed by atoms with Gasteiger partial charge in [-0.1, -0.05) is 48.5 Å². The second-order valence-corrected chi connectivity index (χ2v) is 9.72. The van der Waals surface area contributed by atoms with Gasteiger partial charge < -0.3 is 24.6 Å². The minimum atomic E-state index is -0.398. The van der Waals surface area contributed by atoms with E-state index in [0.29, 0.717) is 29.0 Å². The summed E-state index contributed by atoms with van der Waals surface area (Å²) in [5, 5.41) is 11.7. The van der Waals surface area contributed by atoms with Crippen LogP contribution in [0.4, 0.5) is 5.69 Å². The highest BCUT2D eigenvalue weighted by Gasteiger charge is 2.20. The fourth-order valence-electron chi connectivity index (χ4n) is 4.48. The van der Waals surface area contributed by atoms with E-state index in [9.17, 15) is 9.90 Å². The van der Waals surface area contributed by atoms with Gasteiger partial charge in [0.25, 0.3) is 0 Å². The summed E-state index contributed by atoms with van der Waals surface area (Å²) in [6.07, 6.45) is 1.13. The summed E-state index contributed by atoms with van der Waals surface area (Å²) >= 11 is 0. The molecule has 0 amide bonds. The Balaban J connectivity index is 1.65. The van der Waals surface area contributed by atoms with Crippen molar-refractivity contribution in [1.82, 2.24) is 14.8 Å². The summed E-state index contributed by atoms with van der Waals surface area (Å²) in [6.45, 7) is 5.05. The first kappa shape index (κ1) is 27.1. The Bertz CT molecular complexity index is 1390. The van der Waals surface area contributed by atoms with Crippen molar-refractivity contribution in [2.75, 3.05) is 40.8 Å². The van der Waals surface area contributed by atoms with Crippen molar-refractivity contribution in [3.05, 3.63) is 95.1 Å². The highest BCUT2D eigenvalue weighted by molar-refractivity contribution is 6.22. The molecule has 3 aromatic carbocycles. The van der Waals surface area contributed by atoms with Gasteiger partial charge in [0.05, 0.1) is 29.1 Å². The fraction of sp³-hybridized carbons (Fsp3) is 0.290. The Morgan fingerprint density at radius 3 is 2.37 bits per heavy atom. The van der Waals surface area contributed by atoms with Crippen LogP contribution in [-0.2, 0) is 11.3 Å². The molecule has 0 bridgehead atoms. The molecular weight excluding hydrogens is 476 g/mol. The summed E-state index contributed by atoms with van der Waals surface area (Å²) in [6, 6.07) is 23.2. The van der Waals surface area contributed by atoms with E-state index in [1.54, 1.807) is 19.1 Å². The van der Waals surface area contributed by atoms with Crippen LogP contribution in [0.5, 0.6) is 5.88 Å². The van der Waals surface area contributed by atoms with Crippen LogP contribution in [0.15, 0.2) is 77.8 Å². The summed E-state index contributed by atoms with van der Waals surface area (Å²) in [4.78, 5) is 24.7. The van der Waals surface area contributed by atoms with Crippen LogP contribution >= 0.6 is 0 Å². The average Bonchev–Trinajstić information content (AvgIpc) is 3.23. The molecule has 0 radical (unpaired) electrons. The van der Waals surface area contributed by atoms with Crippen molar-refractivity contribution in [3.63, 3.8) is 0 Å². The number of hydrogen-bond donors (Lipinski definition) is 2. The Morgan fingerprint density at radius 2 is 1.68 bits per heavy atom. The monoisotopic (exact) mass is 512 g/mol. The number of nitrogens with one attached hydrogen (secondary N) is 1. The fourth-order valence-corrected chi connectivity index (χ4v) is 4.48. The maximum atomic E-state index is 12.2. The molecule has 7 nitrogen and oxygen atoms in total. The van der Waals surface area contributed by atoms with Gasteiger partial charge in [0.2, 0.25) is 0 Å². The quantitative estimate of drug-likeness (QED) is 0.202. The van der Waals surface area contributed by atoms with Crippen molar-refractivity contribution in [3.8, 4) is 5.88 Å². The molecule has 2 N–H and O–H groups in total. The van der Waals surface area contributed by atoms with Crippen molar-refractivity contribution < 1.29 is 14.6 Å². The molecule has 198 valence electrons. The van der Waals surface area contributed by atoms with Gasteiger partial charge in [-0.2, -0.15) is 0 Å². The van der Waals surface area contributed by atoms with Gasteiger partial charge >= 0.3 is 5.97 Å². The molecule has 0 saturated heterocycles. The van der Waals surface area contributed by atoms with Crippen LogP contribution in [0.2, 0.25) is 0 Å². The number of ether oxygens (including phenoxy) is 1. The van der Waals surface area contributed by atoms with E-state index in [1.165, 1.54) is 5.56 Å². The number of carbonyl (C=O) groups excluding carboxylic acids is 1. The number of fused-ring (bicyclic) bond motifs is 1. The lowest BCUT2D eigenvalue weighted by Gasteiger charge is -2.18. The first-order valence-electron chi connectivity index (χ1n) is 12.9. The molecule has 38 heavy (non-hydrogen) atoms. The third kappa shape index (κ3) is 6.68. The Kier molecular flexibility index (Phi) is 8.94. The number of aliphatic imine (C=N–C) groups is 1. The zero-order chi connectivity index (χ0) is 27.1. The Hall–Kier alpha value is -3.94. The largest absolute Gasteiger partial charge is 0.494 e. The maximum absolute atomic E-state index is 12.2. The minimum absolute atomic E-state index is 0.000388. The van der Waals surface area contributed by atoms with Gasteiger partial charge in [0.1, 0.15) is 0 Å². The molecule has 0 aliphatic carbocycles. The van der Waals surface area contributed by atoms with E-state index in [4.69, 9.17) is 9.73 Å². The van der Waals surface area contributed by atoms with E-state index >= 15 is 0 Å². The smallest absolute Gasteiger partial charge is 0.338 e. The van der Waals surface area contributed by atoms with Gasteiger partial charge in [-0.25, -0.2) is 9.79 Å². The molecule has 1 aromatic heterocycles. The number of rotatable bonds is 11. The third-order valence-electron chi connectivity index (χ3n) is 6.35.